The van der Waals surface area contributed by atoms with Crippen molar-refractivity contribution < 1.29 is 4.79 Å². The largest absolute Gasteiger partial charge is 0.353 e. The molecular weight excluding hydrogens is 453 g/mol. The molecule has 0 fully saturated rings. The first-order chi connectivity index (χ1) is 16.1. The number of nitrogens with zero attached hydrogens (tertiary/aromatic N) is 1. The first kappa shape index (κ1) is 21.5. The van der Waals surface area contributed by atoms with Gasteiger partial charge in [-0.25, -0.2) is 4.98 Å². The second kappa shape index (κ2) is 9.26. The van der Waals surface area contributed by atoms with Crippen LogP contribution in [0.25, 0.3) is 33.2 Å². The molecule has 0 saturated heterocycles. The van der Waals surface area contributed by atoms with Gasteiger partial charge in [-0.1, -0.05) is 65.7 Å². The van der Waals surface area contributed by atoms with Gasteiger partial charge in [-0.05, 0) is 54.8 Å². The van der Waals surface area contributed by atoms with Crippen LogP contribution >= 0.6 is 23.2 Å². The van der Waals surface area contributed by atoms with E-state index in [0.717, 1.165) is 39.6 Å². The zero-order chi connectivity index (χ0) is 22.8. The Morgan fingerprint density at radius 1 is 0.939 bits per heavy atom. The molecule has 0 bridgehead atoms. The first-order valence-electron chi connectivity index (χ1n) is 10.8. The Morgan fingerprint density at radius 2 is 1.76 bits per heavy atom. The molecule has 5 aromatic rings. The van der Waals surface area contributed by atoms with Gasteiger partial charge in [-0.2, -0.15) is 0 Å². The van der Waals surface area contributed by atoms with Crippen LogP contribution in [0.5, 0.6) is 0 Å². The van der Waals surface area contributed by atoms with Gasteiger partial charge < -0.3 is 10.3 Å². The number of para-hydroxylation sites is 2. The van der Waals surface area contributed by atoms with E-state index in [1.54, 1.807) is 18.2 Å². The maximum Gasteiger partial charge on any atom is 0.224 e. The lowest BCUT2D eigenvalue weighted by atomic mass is 10.0. The van der Waals surface area contributed by atoms with Crippen LogP contribution in [-0.2, 0) is 11.2 Å². The van der Waals surface area contributed by atoms with E-state index in [9.17, 15) is 4.79 Å². The predicted octanol–water partition coefficient (Wildman–Crippen LogP) is 7.65. The third-order valence-corrected chi connectivity index (χ3v) is 6.27. The Balaban J connectivity index is 1.38. The van der Waals surface area contributed by atoms with Crippen molar-refractivity contribution in [2.24, 2.45) is 0 Å². The van der Waals surface area contributed by atoms with Crippen molar-refractivity contribution in [1.29, 1.82) is 0 Å². The number of benzene rings is 3. The lowest BCUT2D eigenvalue weighted by Gasteiger charge is -2.09. The van der Waals surface area contributed by atoms with Gasteiger partial charge in [0.15, 0.2) is 0 Å². The fourth-order valence-electron chi connectivity index (χ4n) is 4.12. The molecule has 4 nitrogen and oxygen atoms in total. The Morgan fingerprint density at radius 3 is 2.67 bits per heavy atom. The molecule has 164 valence electrons. The summed E-state index contributed by atoms with van der Waals surface area (Å²) in [7, 11) is 0. The average Bonchev–Trinajstić information content (AvgIpc) is 3.20. The molecular formula is C27H21Cl2N3O. The smallest absolute Gasteiger partial charge is 0.224 e. The van der Waals surface area contributed by atoms with Gasteiger partial charge in [0.1, 0.15) is 0 Å². The zero-order valence-corrected chi connectivity index (χ0v) is 19.3. The van der Waals surface area contributed by atoms with Gasteiger partial charge >= 0.3 is 0 Å². The van der Waals surface area contributed by atoms with E-state index < -0.39 is 0 Å². The molecule has 0 radical (unpaired) electrons. The Kier molecular flexibility index (Phi) is 6.03. The molecule has 33 heavy (non-hydrogen) atoms. The Bertz CT molecular complexity index is 1480. The number of halogens is 2. The van der Waals surface area contributed by atoms with Crippen LogP contribution in [0.4, 0.5) is 5.69 Å². The van der Waals surface area contributed by atoms with Crippen LogP contribution in [0, 0.1) is 0 Å². The number of hydrogen-bond acceptors (Lipinski definition) is 2. The molecule has 0 aliphatic carbocycles. The van der Waals surface area contributed by atoms with E-state index in [2.05, 4.69) is 34.6 Å². The molecule has 5 rings (SSSR count). The van der Waals surface area contributed by atoms with Crippen molar-refractivity contribution in [3.05, 3.63) is 94.5 Å². The first-order valence-corrected chi connectivity index (χ1v) is 11.5. The van der Waals surface area contributed by atoms with Gasteiger partial charge in [0.25, 0.3) is 0 Å². The number of anilines is 1. The van der Waals surface area contributed by atoms with Crippen molar-refractivity contribution in [1.82, 2.24) is 9.97 Å². The summed E-state index contributed by atoms with van der Waals surface area (Å²) < 4.78 is 0. The minimum Gasteiger partial charge on any atom is -0.353 e. The number of fused-ring (bicyclic) bond motifs is 2. The Hall–Kier alpha value is -3.34. The van der Waals surface area contributed by atoms with E-state index in [-0.39, 0.29) is 5.91 Å². The summed E-state index contributed by atoms with van der Waals surface area (Å²) in [5.41, 5.74) is 5.62. The van der Waals surface area contributed by atoms with E-state index in [0.29, 0.717) is 28.6 Å². The molecule has 0 saturated carbocycles. The summed E-state index contributed by atoms with van der Waals surface area (Å²) in [6.07, 6.45) is 1.80. The molecule has 2 N–H and O–H groups in total. The molecule has 0 spiro atoms. The van der Waals surface area contributed by atoms with E-state index in [1.807, 2.05) is 36.4 Å². The molecule has 1 amide bonds. The van der Waals surface area contributed by atoms with Crippen molar-refractivity contribution in [3.63, 3.8) is 0 Å². The summed E-state index contributed by atoms with van der Waals surface area (Å²) in [4.78, 5) is 21.0. The molecule has 2 aromatic heterocycles. The normalized spacial score (nSPS) is 11.2. The third kappa shape index (κ3) is 4.58. The fraction of sp³-hybridized carbons (Fsp3) is 0.111. The molecule has 3 aromatic carbocycles. The highest BCUT2D eigenvalue weighted by Crippen LogP contribution is 2.32. The number of hydrogen-bond donors (Lipinski definition) is 2. The standard InChI is InChI=1S/C27H21Cl2N3O/c28-18-13-14-21(29)25(16-18)31-26(33)11-5-8-20-19-7-2-4-10-23(19)32-27(20)24-15-12-17-6-1-3-9-22(17)30-24/h1-4,6-7,9-10,12-16,32H,5,8,11H2,(H,31,33). The second-order valence-corrected chi connectivity index (χ2v) is 8.78. The minimum absolute atomic E-state index is 0.0932. The zero-order valence-electron chi connectivity index (χ0n) is 17.7. The number of nitrogens with one attached hydrogen (secondary N) is 2. The lowest BCUT2D eigenvalue weighted by Crippen LogP contribution is -2.12. The highest BCUT2D eigenvalue weighted by molar-refractivity contribution is 6.35. The van der Waals surface area contributed by atoms with Crippen molar-refractivity contribution in [2.45, 2.75) is 19.3 Å². The van der Waals surface area contributed by atoms with Crippen LogP contribution in [0.1, 0.15) is 18.4 Å². The van der Waals surface area contributed by atoms with Gasteiger partial charge in [0.2, 0.25) is 5.91 Å². The number of pyridine rings is 1. The van der Waals surface area contributed by atoms with E-state index >= 15 is 0 Å². The average molecular weight is 474 g/mol. The van der Waals surface area contributed by atoms with Crippen LogP contribution in [0.3, 0.4) is 0 Å². The van der Waals surface area contributed by atoms with Crippen molar-refractivity contribution in [3.8, 4) is 11.4 Å². The molecule has 0 unspecified atom stereocenters. The molecule has 0 aliphatic heterocycles. The minimum atomic E-state index is -0.0932. The molecule has 6 heteroatoms. The summed E-state index contributed by atoms with van der Waals surface area (Å²) in [5, 5.41) is 6.11. The van der Waals surface area contributed by atoms with Gasteiger partial charge in [0.05, 0.1) is 27.6 Å². The number of rotatable bonds is 6. The predicted molar refractivity (Wildman–Crippen MR) is 137 cm³/mol. The maximum absolute atomic E-state index is 12.5. The van der Waals surface area contributed by atoms with E-state index in [4.69, 9.17) is 28.2 Å². The van der Waals surface area contributed by atoms with E-state index in [1.165, 1.54) is 5.56 Å². The van der Waals surface area contributed by atoms with Crippen LogP contribution in [0.15, 0.2) is 78.9 Å². The van der Waals surface area contributed by atoms with Crippen molar-refractivity contribution in [2.75, 3.05) is 5.32 Å². The molecule has 0 aliphatic rings. The summed E-state index contributed by atoms with van der Waals surface area (Å²) in [6, 6.07) is 25.5. The quantitative estimate of drug-likeness (QED) is 0.266. The summed E-state index contributed by atoms with van der Waals surface area (Å²) >= 11 is 12.2. The van der Waals surface area contributed by atoms with Crippen molar-refractivity contribution >= 4 is 56.6 Å². The summed E-state index contributed by atoms with van der Waals surface area (Å²) in [6.45, 7) is 0. The molecule has 0 atom stereocenters. The monoisotopic (exact) mass is 473 g/mol. The third-order valence-electron chi connectivity index (χ3n) is 5.70. The lowest BCUT2D eigenvalue weighted by molar-refractivity contribution is -0.116. The van der Waals surface area contributed by atoms with Gasteiger partial charge in [-0.15, -0.1) is 0 Å². The van der Waals surface area contributed by atoms with Crippen LogP contribution < -0.4 is 5.32 Å². The fourth-order valence-corrected chi connectivity index (χ4v) is 4.45. The second-order valence-electron chi connectivity index (χ2n) is 7.94. The highest BCUT2D eigenvalue weighted by atomic mass is 35.5. The number of aryl methyl sites for hydroxylation is 1. The number of aromatic nitrogens is 2. The Labute approximate surface area is 201 Å². The topological polar surface area (TPSA) is 57.8 Å². The SMILES string of the molecule is O=C(CCCc1c(-c2ccc3ccccc3n2)[nH]c2ccccc12)Nc1cc(Cl)ccc1Cl. The van der Waals surface area contributed by atoms with Crippen LogP contribution in [0.2, 0.25) is 10.0 Å². The van der Waals surface area contributed by atoms with Crippen LogP contribution in [-0.4, -0.2) is 15.9 Å². The number of H-pyrrole nitrogens is 1. The highest BCUT2D eigenvalue weighted by Gasteiger charge is 2.15. The number of carbonyl (C=O) groups excluding carboxylic acids is 1. The maximum atomic E-state index is 12.5. The van der Waals surface area contributed by atoms with Gasteiger partial charge in [0, 0.05) is 27.7 Å². The number of amides is 1. The van der Waals surface area contributed by atoms with Gasteiger partial charge in [-0.3, -0.25) is 4.79 Å². The molecule has 2 heterocycles. The summed E-state index contributed by atoms with van der Waals surface area (Å²) in [5.74, 6) is -0.0932. The number of carbonyl (C=O) groups is 1. The number of aromatic amines is 1.